The van der Waals surface area contributed by atoms with Crippen LogP contribution >= 0.6 is 0 Å². The molecule has 2 rings (SSSR count). The first-order chi connectivity index (χ1) is 7.66. The molecule has 0 saturated carbocycles. The molecule has 1 fully saturated rings. The molecule has 3 heteroatoms. The SMILES string of the molecule is CC(C)[C@H]1OC(=O)C[C@@H](c2ccccc2)O1. The Hall–Kier alpha value is -1.35. The van der Waals surface area contributed by atoms with Gasteiger partial charge in [0.1, 0.15) is 0 Å². The van der Waals surface area contributed by atoms with E-state index in [1.54, 1.807) is 0 Å². The van der Waals surface area contributed by atoms with Crippen LogP contribution in [-0.4, -0.2) is 12.3 Å². The number of carbonyl (C=O) groups excluding carboxylic acids is 1. The van der Waals surface area contributed by atoms with Crippen LogP contribution in [0.3, 0.4) is 0 Å². The highest BCUT2D eigenvalue weighted by atomic mass is 16.7. The zero-order valence-electron chi connectivity index (χ0n) is 9.55. The highest BCUT2D eigenvalue weighted by Crippen LogP contribution is 2.30. The molecule has 1 heterocycles. The van der Waals surface area contributed by atoms with E-state index < -0.39 is 6.29 Å². The van der Waals surface area contributed by atoms with Gasteiger partial charge in [0.15, 0.2) is 0 Å². The van der Waals surface area contributed by atoms with Gasteiger partial charge in [0.05, 0.1) is 12.5 Å². The van der Waals surface area contributed by atoms with Gasteiger partial charge in [-0.05, 0) is 5.56 Å². The molecule has 1 aromatic carbocycles. The lowest BCUT2D eigenvalue weighted by Crippen LogP contribution is -2.34. The smallest absolute Gasteiger partial charge is 0.311 e. The summed E-state index contributed by atoms with van der Waals surface area (Å²) in [6, 6.07) is 9.79. The van der Waals surface area contributed by atoms with E-state index in [9.17, 15) is 4.79 Å². The number of ether oxygens (including phenoxy) is 2. The van der Waals surface area contributed by atoms with E-state index in [0.717, 1.165) is 5.56 Å². The van der Waals surface area contributed by atoms with E-state index >= 15 is 0 Å². The molecule has 1 saturated heterocycles. The van der Waals surface area contributed by atoms with Gasteiger partial charge in [0, 0.05) is 5.92 Å². The molecule has 0 amide bonds. The Morgan fingerprint density at radius 2 is 1.94 bits per heavy atom. The lowest BCUT2D eigenvalue weighted by molar-refractivity contribution is -0.228. The predicted molar refractivity (Wildman–Crippen MR) is 59.6 cm³/mol. The summed E-state index contributed by atoms with van der Waals surface area (Å²) in [4.78, 5) is 11.5. The highest BCUT2D eigenvalue weighted by Gasteiger charge is 2.31. The number of benzene rings is 1. The topological polar surface area (TPSA) is 35.5 Å². The van der Waals surface area contributed by atoms with Crippen LogP contribution in [0.25, 0.3) is 0 Å². The Morgan fingerprint density at radius 1 is 1.25 bits per heavy atom. The molecule has 3 nitrogen and oxygen atoms in total. The monoisotopic (exact) mass is 220 g/mol. The summed E-state index contributed by atoms with van der Waals surface area (Å²) in [6.07, 6.45) is -0.297. The summed E-state index contributed by atoms with van der Waals surface area (Å²) in [7, 11) is 0. The number of cyclic esters (lactones) is 1. The Bertz CT molecular complexity index is 359. The van der Waals surface area contributed by atoms with Gasteiger partial charge in [-0.15, -0.1) is 0 Å². The van der Waals surface area contributed by atoms with Gasteiger partial charge >= 0.3 is 5.97 Å². The van der Waals surface area contributed by atoms with Crippen molar-refractivity contribution in [3.63, 3.8) is 0 Å². The van der Waals surface area contributed by atoms with Crippen LogP contribution < -0.4 is 0 Å². The third-order valence-corrected chi connectivity index (χ3v) is 2.61. The van der Waals surface area contributed by atoms with Crippen molar-refractivity contribution in [2.24, 2.45) is 5.92 Å². The molecule has 1 aliphatic rings. The van der Waals surface area contributed by atoms with E-state index in [0.29, 0.717) is 6.42 Å². The zero-order chi connectivity index (χ0) is 11.5. The summed E-state index contributed by atoms with van der Waals surface area (Å²) in [5.41, 5.74) is 1.03. The fraction of sp³-hybridized carbons (Fsp3) is 0.462. The molecule has 0 bridgehead atoms. The second-order valence-electron chi connectivity index (χ2n) is 4.34. The molecule has 16 heavy (non-hydrogen) atoms. The van der Waals surface area contributed by atoms with Gasteiger partial charge in [-0.25, -0.2) is 0 Å². The lowest BCUT2D eigenvalue weighted by Gasteiger charge is -2.31. The second kappa shape index (κ2) is 4.66. The van der Waals surface area contributed by atoms with Crippen molar-refractivity contribution in [3.05, 3.63) is 35.9 Å². The molecule has 86 valence electrons. The molecule has 0 aliphatic carbocycles. The molecule has 1 aromatic rings. The van der Waals surface area contributed by atoms with Crippen LogP contribution in [0.15, 0.2) is 30.3 Å². The summed E-state index contributed by atoms with van der Waals surface area (Å²) in [5.74, 6) is -0.00531. The van der Waals surface area contributed by atoms with Crippen molar-refractivity contribution in [1.29, 1.82) is 0 Å². The van der Waals surface area contributed by atoms with Crippen LogP contribution in [0.1, 0.15) is 31.9 Å². The van der Waals surface area contributed by atoms with Gasteiger partial charge in [-0.1, -0.05) is 44.2 Å². The molecule has 0 N–H and O–H groups in total. The minimum atomic E-state index is -0.425. The fourth-order valence-corrected chi connectivity index (χ4v) is 1.72. The first-order valence-corrected chi connectivity index (χ1v) is 5.56. The van der Waals surface area contributed by atoms with Crippen LogP contribution in [0, 0.1) is 5.92 Å². The number of carbonyl (C=O) groups is 1. The second-order valence-corrected chi connectivity index (χ2v) is 4.34. The summed E-state index contributed by atoms with van der Waals surface area (Å²) in [5, 5.41) is 0. The van der Waals surface area contributed by atoms with Crippen molar-refractivity contribution < 1.29 is 14.3 Å². The third kappa shape index (κ3) is 2.42. The average Bonchev–Trinajstić information content (AvgIpc) is 2.29. The molecular weight excluding hydrogens is 204 g/mol. The maximum atomic E-state index is 11.5. The number of hydrogen-bond donors (Lipinski definition) is 0. The molecule has 2 atom stereocenters. The Labute approximate surface area is 95.4 Å². The number of hydrogen-bond acceptors (Lipinski definition) is 3. The molecular formula is C13H16O3. The maximum absolute atomic E-state index is 11.5. The van der Waals surface area contributed by atoms with E-state index in [-0.39, 0.29) is 18.0 Å². The maximum Gasteiger partial charge on any atom is 0.311 e. The molecule has 0 spiro atoms. The fourth-order valence-electron chi connectivity index (χ4n) is 1.72. The van der Waals surface area contributed by atoms with Crippen LogP contribution in [0.2, 0.25) is 0 Å². The van der Waals surface area contributed by atoms with E-state index in [4.69, 9.17) is 9.47 Å². The van der Waals surface area contributed by atoms with Crippen LogP contribution in [0.5, 0.6) is 0 Å². The van der Waals surface area contributed by atoms with E-state index in [2.05, 4.69) is 0 Å². The number of rotatable bonds is 2. The zero-order valence-corrected chi connectivity index (χ0v) is 9.55. The van der Waals surface area contributed by atoms with Gasteiger partial charge in [0.25, 0.3) is 0 Å². The first kappa shape index (κ1) is 11.1. The lowest BCUT2D eigenvalue weighted by atomic mass is 10.0. The largest absolute Gasteiger partial charge is 0.435 e. The molecule has 0 radical (unpaired) electrons. The Kier molecular flexibility index (Phi) is 3.25. The normalized spacial score (nSPS) is 25.6. The standard InChI is InChI=1S/C13H16O3/c1-9(2)13-15-11(8-12(14)16-13)10-6-4-3-5-7-10/h3-7,9,11,13H,8H2,1-2H3/t11-,13+/m0/s1. The van der Waals surface area contributed by atoms with E-state index in [1.165, 1.54) is 0 Å². The summed E-state index contributed by atoms with van der Waals surface area (Å²) in [6.45, 7) is 3.96. The predicted octanol–water partition coefficient (Wildman–Crippen LogP) is 2.67. The number of esters is 1. The minimum absolute atomic E-state index is 0.171. The van der Waals surface area contributed by atoms with Gasteiger partial charge in [0.2, 0.25) is 6.29 Å². The summed E-state index contributed by atoms with van der Waals surface area (Å²) >= 11 is 0. The Balaban J connectivity index is 2.14. The quantitative estimate of drug-likeness (QED) is 0.719. The minimum Gasteiger partial charge on any atom is -0.435 e. The van der Waals surface area contributed by atoms with Gasteiger partial charge in [-0.2, -0.15) is 0 Å². The van der Waals surface area contributed by atoms with Crippen molar-refractivity contribution in [1.82, 2.24) is 0 Å². The Morgan fingerprint density at radius 3 is 2.56 bits per heavy atom. The highest BCUT2D eigenvalue weighted by molar-refractivity contribution is 5.71. The van der Waals surface area contributed by atoms with Crippen molar-refractivity contribution in [2.75, 3.05) is 0 Å². The average molecular weight is 220 g/mol. The van der Waals surface area contributed by atoms with Crippen molar-refractivity contribution >= 4 is 5.97 Å². The van der Waals surface area contributed by atoms with Gasteiger partial charge in [-0.3, -0.25) is 4.79 Å². The molecule has 0 aromatic heterocycles. The molecule has 0 unspecified atom stereocenters. The molecule has 1 aliphatic heterocycles. The van der Waals surface area contributed by atoms with Crippen molar-refractivity contribution in [3.8, 4) is 0 Å². The van der Waals surface area contributed by atoms with E-state index in [1.807, 2.05) is 44.2 Å². The third-order valence-electron chi connectivity index (χ3n) is 2.61. The van der Waals surface area contributed by atoms with Crippen LogP contribution in [0.4, 0.5) is 0 Å². The van der Waals surface area contributed by atoms with Crippen LogP contribution in [-0.2, 0) is 14.3 Å². The summed E-state index contributed by atoms with van der Waals surface area (Å²) < 4.78 is 10.9. The van der Waals surface area contributed by atoms with Gasteiger partial charge < -0.3 is 9.47 Å². The van der Waals surface area contributed by atoms with Crippen molar-refractivity contribution in [2.45, 2.75) is 32.7 Å². The first-order valence-electron chi connectivity index (χ1n) is 5.56.